The fourth-order valence-electron chi connectivity index (χ4n) is 4.02. The standard InChI is InChI=1S/C27H56OS2/c1-4-6-8-10-12-14-16-18-20-22-24-29-27(3)26-30(28)25-23-21-19-17-15-13-11-9-7-5-2/h27H,4-26H2,1-3H3. The average molecular weight is 461 g/mol. The quantitative estimate of drug-likeness (QED) is 0.126. The Bertz CT molecular complexity index is 346. The summed E-state index contributed by atoms with van der Waals surface area (Å²) in [4.78, 5) is 0. The summed E-state index contributed by atoms with van der Waals surface area (Å²) in [7, 11) is -0.599. The van der Waals surface area contributed by atoms with E-state index in [0.29, 0.717) is 5.25 Å². The maximum Gasteiger partial charge on any atom is 0.0351 e. The first-order valence-electron chi connectivity index (χ1n) is 13.7. The van der Waals surface area contributed by atoms with Crippen LogP contribution < -0.4 is 0 Å². The zero-order valence-corrected chi connectivity index (χ0v) is 22.7. The highest BCUT2D eigenvalue weighted by molar-refractivity contribution is 8.00. The van der Waals surface area contributed by atoms with E-state index in [2.05, 4.69) is 20.8 Å². The Morgan fingerprint density at radius 3 is 1.37 bits per heavy atom. The molecule has 0 aromatic heterocycles. The summed E-state index contributed by atoms with van der Waals surface area (Å²) in [5, 5.41) is 0.563. The maximum atomic E-state index is 12.3. The molecular formula is C27H56OS2. The minimum atomic E-state index is -0.599. The average Bonchev–Trinajstić information content (AvgIpc) is 2.73. The number of hydrogen-bond acceptors (Lipinski definition) is 2. The molecule has 30 heavy (non-hydrogen) atoms. The largest absolute Gasteiger partial charge is 0.260 e. The smallest absolute Gasteiger partial charge is 0.0351 e. The molecule has 0 aliphatic heterocycles. The van der Waals surface area contributed by atoms with E-state index in [9.17, 15) is 4.21 Å². The summed E-state index contributed by atoms with van der Waals surface area (Å²) in [5.74, 6) is 3.09. The molecule has 0 saturated carbocycles. The van der Waals surface area contributed by atoms with Crippen molar-refractivity contribution in [3.05, 3.63) is 0 Å². The van der Waals surface area contributed by atoms with E-state index in [0.717, 1.165) is 17.9 Å². The van der Waals surface area contributed by atoms with Gasteiger partial charge in [-0.3, -0.25) is 4.21 Å². The third kappa shape index (κ3) is 24.8. The highest BCUT2D eigenvalue weighted by atomic mass is 32.2. The highest BCUT2D eigenvalue weighted by Gasteiger charge is 2.08. The molecule has 2 atom stereocenters. The molecule has 0 rings (SSSR count). The molecule has 1 nitrogen and oxygen atoms in total. The molecule has 0 spiro atoms. The Kier molecular flexibility index (Phi) is 26.2. The molecule has 0 aliphatic carbocycles. The van der Waals surface area contributed by atoms with Gasteiger partial charge in [-0.2, -0.15) is 11.8 Å². The lowest BCUT2D eigenvalue weighted by atomic mass is 10.1. The van der Waals surface area contributed by atoms with Crippen LogP contribution in [-0.4, -0.2) is 26.7 Å². The predicted molar refractivity (Wildman–Crippen MR) is 143 cm³/mol. The van der Waals surface area contributed by atoms with Crippen LogP contribution in [0, 0.1) is 0 Å². The van der Waals surface area contributed by atoms with Crippen LogP contribution in [0.2, 0.25) is 0 Å². The SMILES string of the molecule is CCCCCCCCCCCCSC(C)CS(=O)CCCCCCCCCCCC. The van der Waals surface area contributed by atoms with E-state index in [-0.39, 0.29) is 0 Å². The Balaban J connectivity index is 3.30. The van der Waals surface area contributed by atoms with Crippen LogP contribution in [0.1, 0.15) is 149 Å². The fraction of sp³-hybridized carbons (Fsp3) is 1.00. The molecule has 0 heterocycles. The zero-order chi connectivity index (χ0) is 22.1. The van der Waals surface area contributed by atoms with E-state index >= 15 is 0 Å². The van der Waals surface area contributed by atoms with Crippen molar-refractivity contribution in [1.82, 2.24) is 0 Å². The van der Waals surface area contributed by atoms with Gasteiger partial charge in [0.25, 0.3) is 0 Å². The van der Waals surface area contributed by atoms with Crippen LogP contribution in [0.3, 0.4) is 0 Å². The first-order chi connectivity index (χ1) is 14.7. The third-order valence-electron chi connectivity index (χ3n) is 6.05. The number of rotatable bonds is 25. The second kappa shape index (κ2) is 25.8. The molecule has 3 heteroatoms. The zero-order valence-electron chi connectivity index (χ0n) is 21.1. The Labute approximate surface area is 198 Å². The second-order valence-electron chi connectivity index (χ2n) is 9.36. The van der Waals surface area contributed by atoms with Gasteiger partial charge < -0.3 is 0 Å². The van der Waals surface area contributed by atoms with Gasteiger partial charge in [0.05, 0.1) is 0 Å². The molecule has 0 fully saturated rings. The van der Waals surface area contributed by atoms with Crippen molar-refractivity contribution in [3.63, 3.8) is 0 Å². The van der Waals surface area contributed by atoms with E-state index in [1.165, 1.54) is 128 Å². The minimum absolute atomic E-state index is 0.563. The van der Waals surface area contributed by atoms with Gasteiger partial charge in [0.15, 0.2) is 0 Å². The molecule has 0 aromatic carbocycles. The van der Waals surface area contributed by atoms with Crippen molar-refractivity contribution in [2.24, 2.45) is 0 Å². The Morgan fingerprint density at radius 1 is 0.567 bits per heavy atom. The van der Waals surface area contributed by atoms with Gasteiger partial charge in [0.1, 0.15) is 0 Å². The van der Waals surface area contributed by atoms with Crippen LogP contribution in [-0.2, 0) is 10.8 Å². The summed E-state index contributed by atoms with van der Waals surface area (Å²) in [6.07, 6.45) is 27.7. The molecule has 0 aliphatic rings. The van der Waals surface area contributed by atoms with Crippen LogP contribution >= 0.6 is 11.8 Å². The van der Waals surface area contributed by atoms with Crippen molar-refractivity contribution in [3.8, 4) is 0 Å². The lowest BCUT2D eigenvalue weighted by Crippen LogP contribution is -2.13. The molecule has 0 saturated heterocycles. The number of unbranched alkanes of at least 4 members (excludes halogenated alkanes) is 18. The highest BCUT2D eigenvalue weighted by Crippen LogP contribution is 2.17. The van der Waals surface area contributed by atoms with E-state index < -0.39 is 10.8 Å². The van der Waals surface area contributed by atoms with E-state index in [4.69, 9.17) is 0 Å². The Morgan fingerprint density at radius 2 is 0.933 bits per heavy atom. The van der Waals surface area contributed by atoms with Crippen LogP contribution in [0.4, 0.5) is 0 Å². The molecule has 0 aromatic rings. The van der Waals surface area contributed by atoms with Crippen molar-refractivity contribution in [1.29, 1.82) is 0 Å². The fourth-order valence-corrected chi connectivity index (χ4v) is 6.85. The lowest BCUT2D eigenvalue weighted by Gasteiger charge is -2.11. The van der Waals surface area contributed by atoms with Crippen molar-refractivity contribution < 1.29 is 4.21 Å². The predicted octanol–water partition coefficient (Wildman–Crippen LogP) is 9.70. The molecule has 0 bridgehead atoms. The topological polar surface area (TPSA) is 17.1 Å². The number of thioether (sulfide) groups is 1. The molecule has 0 N–H and O–H groups in total. The van der Waals surface area contributed by atoms with Gasteiger partial charge in [-0.15, -0.1) is 0 Å². The van der Waals surface area contributed by atoms with Crippen LogP contribution in [0.5, 0.6) is 0 Å². The van der Waals surface area contributed by atoms with Gasteiger partial charge in [-0.25, -0.2) is 0 Å². The van der Waals surface area contributed by atoms with Gasteiger partial charge in [0.2, 0.25) is 0 Å². The van der Waals surface area contributed by atoms with Crippen LogP contribution in [0.25, 0.3) is 0 Å². The van der Waals surface area contributed by atoms with E-state index in [1.54, 1.807) is 0 Å². The maximum absolute atomic E-state index is 12.3. The van der Waals surface area contributed by atoms with E-state index in [1.807, 2.05) is 11.8 Å². The summed E-state index contributed by atoms with van der Waals surface area (Å²) >= 11 is 2.05. The summed E-state index contributed by atoms with van der Waals surface area (Å²) in [6, 6.07) is 0. The van der Waals surface area contributed by atoms with Gasteiger partial charge in [-0.1, -0.05) is 136 Å². The first kappa shape index (κ1) is 30.5. The molecular weight excluding hydrogens is 404 g/mol. The lowest BCUT2D eigenvalue weighted by molar-refractivity contribution is 0.562. The third-order valence-corrected chi connectivity index (χ3v) is 9.13. The first-order valence-corrected chi connectivity index (χ1v) is 16.2. The number of hydrogen-bond donors (Lipinski definition) is 0. The molecule has 0 amide bonds. The van der Waals surface area contributed by atoms with Crippen LogP contribution in [0.15, 0.2) is 0 Å². The summed E-state index contributed by atoms with van der Waals surface area (Å²) < 4.78 is 12.3. The molecule has 0 radical (unpaired) electrons. The van der Waals surface area contributed by atoms with Gasteiger partial charge in [0, 0.05) is 27.6 Å². The monoisotopic (exact) mass is 460 g/mol. The van der Waals surface area contributed by atoms with Crippen molar-refractivity contribution in [2.75, 3.05) is 17.3 Å². The van der Waals surface area contributed by atoms with Gasteiger partial charge in [-0.05, 0) is 18.6 Å². The molecule has 2 unspecified atom stereocenters. The normalized spacial score (nSPS) is 13.6. The summed E-state index contributed by atoms with van der Waals surface area (Å²) in [5.41, 5.74) is 0. The Hall–Kier alpha value is 0.500. The summed E-state index contributed by atoms with van der Waals surface area (Å²) in [6.45, 7) is 6.84. The molecule has 182 valence electrons. The van der Waals surface area contributed by atoms with Crippen molar-refractivity contribution in [2.45, 2.75) is 154 Å². The van der Waals surface area contributed by atoms with Crippen molar-refractivity contribution >= 4 is 22.6 Å². The second-order valence-corrected chi connectivity index (χ2v) is 12.5. The minimum Gasteiger partial charge on any atom is -0.260 e. The van der Waals surface area contributed by atoms with Gasteiger partial charge >= 0.3 is 0 Å².